The number of nitrogens with zero attached hydrogens (tertiary/aromatic N) is 3. The Bertz CT molecular complexity index is 852. The van der Waals surface area contributed by atoms with Crippen molar-refractivity contribution in [2.45, 2.75) is 39.4 Å². The number of fused-ring (bicyclic) bond motifs is 1. The van der Waals surface area contributed by atoms with Crippen molar-refractivity contribution in [3.8, 4) is 0 Å². The lowest BCUT2D eigenvalue weighted by molar-refractivity contribution is 0.0870. The molecule has 1 aromatic heterocycles. The second-order valence-electron chi connectivity index (χ2n) is 6.69. The van der Waals surface area contributed by atoms with E-state index in [1.165, 1.54) is 22.9 Å². The van der Waals surface area contributed by atoms with E-state index in [4.69, 9.17) is 11.6 Å². The summed E-state index contributed by atoms with van der Waals surface area (Å²) in [6.45, 7) is 4.70. The van der Waals surface area contributed by atoms with Gasteiger partial charge in [0.2, 0.25) is 0 Å². The molecule has 1 aromatic carbocycles. The van der Waals surface area contributed by atoms with Crippen molar-refractivity contribution >= 4 is 23.4 Å². The zero-order valence-electron chi connectivity index (χ0n) is 14.4. The Morgan fingerprint density at radius 3 is 2.96 bits per heavy atom. The number of hydrogen-bond donors (Lipinski definition) is 2. The summed E-state index contributed by atoms with van der Waals surface area (Å²) in [7, 11) is 0. The molecule has 138 valence electrons. The van der Waals surface area contributed by atoms with E-state index in [9.17, 15) is 14.0 Å². The number of hydrogen-bond acceptors (Lipinski definition) is 4. The van der Waals surface area contributed by atoms with Crippen LogP contribution in [0.2, 0.25) is 5.02 Å². The van der Waals surface area contributed by atoms with Gasteiger partial charge in [0.15, 0.2) is 11.4 Å². The van der Waals surface area contributed by atoms with Crippen molar-refractivity contribution < 1.29 is 14.0 Å². The van der Waals surface area contributed by atoms with Crippen LogP contribution < -0.4 is 10.6 Å². The maximum absolute atomic E-state index is 13.1. The molecule has 1 aliphatic rings. The summed E-state index contributed by atoms with van der Waals surface area (Å²) in [5.74, 6) is -0.931. The summed E-state index contributed by atoms with van der Waals surface area (Å²) in [6.07, 6.45) is 0.815. The maximum Gasteiger partial charge on any atom is 0.274 e. The minimum absolute atomic E-state index is 0.0365. The van der Waals surface area contributed by atoms with Crippen molar-refractivity contribution in [2.24, 2.45) is 5.92 Å². The summed E-state index contributed by atoms with van der Waals surface area (Å²) < 4.78 is 14.5. The first-order valence-corrected chi connectivity index (χ1v) is 8.69. The minimum atomic E-state index is -0.538. The molecule has 0 aliphatic carbocycles. The van der Waals surface area contributed by atoms with Gasteiger partial charge < -0.3 is 10.6 Å². The fraction of sp³-hybridized carbons (Fsp3) is 0.412. The van der Waals surface area contributed by atoms with E-state index in [-0.39, 0.29) is 34.9 Å². The number of aromatic nitrogens is 3. The third-order valence-electron chi connectivity index (χ3n) is 4.10. The highest BCUT2D eigenvalue weighted by Gasteiger charge is 2.32. The smallest absolute Gasteiger partial charge is 0.274 e. The first-order chi connectivity index (χ1) is 12.3. The van der Waals surface area contributed by atoms with E-state index in [1.54, 1.807) is 0 Å². The Morgan fingerprint density at radius 2 is 2.27 bits per heavy atom. The molecule has 2 N–H and O–H groups in total. The summed E-state index contributed by atoms with van der Waals surface area (Å²) in [5, 5.41) is 13.5. The van der Waals surface area contributed by atoms with E-state index < -0.39 is 11.7 Å². The Balaban J connectivity index is 1.72. The predicted octanol–water partition coefficient (Wildman–Crippen LogP) is 2.16. The summed E-state index contributed by atoms with van der Waals surface area (Å²) in [4.78, 5) is 24.8. The fourth-order valence-electron chi connectivity index (χ4n) is 2.95. The number of carbonyl (C=O) groups is 2. The molecule has 2 heterocycles. The molecule has 0 spiro atoms. The van der Waals surface area contributed by atoms with Gasteiger partial charge in [-0.05, 0) is 30.0 Å². The van der Waals surface area contributed by atoms with Gasteiger partial charge in [-0.3, -0.25) is 9.59 Å². The van der Waals surface area contributed by atoms with Crippen LogP contribution in [0.3, 0.4) is 0 Å². The molecule has 9 heteroatoms. The highest BCUT2D eigenvalue weighted by molar-refractivity contribution is 6.31. The van der Waals surface area contributed by atoms with Crippen LogP contribution in [-0.2, 0) is 13.1 Å². The van der Waals surface area contributed by atoms with Gasteiger partial charge in [-0.2, -0.15) is 0 Å². The zero-order chi connectivity index (χ0) is 18.8. The van der Waals surface area contributed by atoms with Gasteiger partial charge in [0.25, 0.3) is 11.8 Å². The highest BCUT2D eigenvalue weighted by atomic mass is 35.5. The van der Waals surface area contributed by atoms with E-state index in [0.717, 1.165) is 6.42 Å². The van der Waals surface area contributed by atoms with Crippen molar-refractivity contribution in [1.82, 2.24) is 25.6 Å². The molecule has 2 amide bonds. The van der Waals surface area contributed by atoms with Gasteiger partial charge in [-0.1, -0.05) is 36.7 Å². The Kier molecular flexibility index (Phi) is 5.22. The molecular weight excluding hydrogens is 361 g/mol. The normalized spacial score (nSPS) is 16.3. The first-order valence-electron chi connectivity index (χ1n) is 8.31. The molecule has 0 saturated heterocycles. The summed E-state index contributed by atoms with van der Waals surface area (Å²) in [6, 6.07) is 3.88. The standard InChI is InChI=1S/C17H19ClFN5O2/c1-9(2)5-12-8-24-15(17(26)21-12)14(22-23-24)16(25)20-7-10-3-4-11(19)6-13(10)18/h3-4,6,9,12H,5,7-8H2,1-2H3,(H,20,25)(H,21,26)/t12-/m0/s1. The second-order valence-corrected chi connectivity index (χ2v) is 7.09. The lowest BCUT2D eigenvalue weighted by Gasteiger charge is -2.25. The van der Waals surface area contributed by atoms with Crippen LogP contribution in [0.1, 0.15) is 46.8 Å². The quantitative estimate of drug-likeness (QED) is 0.833. The van der Waals surface area contributed by atoms with Gasteiger partial charge in [0.05, 0.1) is 6.54 Å². The van der Waals surface area contributed by atoms with Crippen molar-refractivity contribution in [2.75, 3.05) is 0 Å². The van der Waals surface area contributed by atoms with Crippen LogP contribution in [0, 0.1) is 11.7 Å². The van der Waals surface area contributed by atoms with E-state index >= 15 is 0 Å². The van der Waals surface area contributed by atoms with Gasteiger partial charge in [-0.25, -0.2) is 9.07 Å². The molecule has 0 fully saturated rings. The molecule has 7 nitrogen and oxygen atoms in total. The monoisotopic (exact) mass is 379 g/mol. The van der Waals surface area contributed by atoms with Gasteiger partial charge in [0.1, 0.15) is 5.82 Å². The van der Waals surface area contributed by atoms with Crippen LogP contribution in [0.4, 0.5) is 4.39 Å². The molecule has 1 aliphatic heterocycles. The van der Waals surface area contributed by atoms with E-state index in [1.807, 2.05) is 0 Å². The van der Waals surface area contributed by atoms with Crippen molar-refractivity contribution in [3.63, 3.8) is 0 Å². The summed E-state index contributed by atoms with van der Waals surface area (Å²) >= 11 is 5.95. The van der Waals surface area contributed by atoms with Crippen LogP contribution >= 0.6 is 11.6 Å². The van der Waals surface area contributed by atoms with Crippen LogP contribution in [0.5, 0.6) is 0 Å². The van der Waals surface area contributed by atoms with Crippen LogP contribution in [0.25, 0.3) is 0 Å². The average molecular weight is 380 g/mol. The van der Waals surface area contributed by atoms with Gasteiger partial charge in [0, 0.05) is 17.6 Å². The Labute approximate surface area is 154 Å². The molecule has 2 aromatic rings. The first kappa shape index (κ1) is 18.3. The number of carbonyl (C=O) groups excluding carboxylic acids is 2. The van der Waals surface area contributed by atoms with E-state index in [0.29, 0.717) is 18.0 Å². The molecule has 0 unspecified atom stereocenters. The van der Waals surface area contributed by atoms with Crippen molar-refractivity contribution in [3.05, 3.63) is 46.0 Å². The highest BCUT2D eigenvalue weighted by Crippen LogP contribution is 2.18. The molecule has 3 rings (SSSR count). The zero-order valence-corrected chi connectivity index (χ0v) is 15.2. The van der Waals surface area contributed by atoms with Crippen LogP contribution in [0.15, 0.2) is 18.2 Å². The Hall–Kier alpha value is -2.48. The van der Waals surface area contributed by atoms with Gasteiger partial charge >= 0.3 is 0 Å². The maximum atomic E-state index is 13.1. The number of amides is 2. The molecule has 26 heavy (non-hydrogen) atoms. The third-order valence-corrected chi connectivity index (χ3v) is 4.46. The topological polar surface area (TPSA) is 88.9 Å². The Morgan fingerprint density at radius 1 is 1.50 bits per heavy atom. The molecule has 1 atom stereocenters. The number of nitrogens with one attached hydrogen (secondary N) is 2. The largest absolute Gasteiger partial charge is 0.346 e. The number of rotatable bonds is 5. The summed E-state index contributed by atoms with van der Waals surface area (Å²) in [5.41, 5.74) is 0.667. The van der Waals surface area contributed by atoms with E-state index in [2.05, 4.69) is 34.8 Å². The third kappa shape index (κ3) is 3.85. The lowest BCUT2D eigenvalue weighted by Crippen LogP contribution is -2.46. The molecular formula is C17H19ClFN5O2. The fourth-order valence-corrected chi connectivity index (χ4v) is 3.19. The molecule has 0 saturated carbocycles. The second kappa shape index (κ2) is 7.41. The minimum Gasteiger partial charge on any atom is -0.346 e. The SMILES string of the molecule is CC(C)C[C@H]1Cn2nnc(C(=O)NCc3ccc(F)cc3Cl)c2C(=O)N1. The number of benzene rings is 1. The van der Waals surface area contributed by atoms with Crippen molar-refractivity contribution in [1.29, 1.82) is 0 Å². The lowest BCUT2D eigenvalue weighted by atomic mass is 10.0. The van der Waals surface area contributed by atoms with Crippen LogP contribution in [-0.4, -0.2) is 32.9 Å². The van der Waals surface area contributed by atoms with Gasteiger partial charge in [-0.15, -0.1) is 5.10 Å². The number of halogens is 2. The molecule has 0 bridgehead atoms. The average Bonchev–Trinajstić information content (AvgIpc) is 2.97. The predicted molar refractivity (Wildman–Crippen MR) is 93.3 cm³/mol. The molecule has 0 radical (unpaired) electrons.